The number of aryl methyl sites for hydroxylation is 1. The molecule has 0 aliphatic carbocycles. The predicted molar refractivity (Wildman–Crippen MR) is 132 cm³/mol. The average molecular weight is 482 g/mol. The van der Waals surface area contributed by atoms with E-state index in [4.69, 9.17) is 9.47 Å². The summed E-state index contributed by atoms with van der Waals surface area (Å²) in [6, 6.07) is 2.52. The van der Waals surface area contributed by atoms with Gasteiger partial charge < -0.3 is 19.7 Å². The minimum absolute atomic E-state index is 0.0730. The number of carbonyl (C=O) groups excluding carboxylic acids is 1. The molecule has 3 aliphatic rings. The Morgan fingerprint density at radius 3 is 2.94 bits per heavy atom. The highest BCUT2D eigenvalue weighted by molar-refractivity contribution is 5.96. The first-order chi connectivity index (χ1) is 17.0. The number of hydrogen-bond donors (Lipinski definition) is 3. The summed E-state index contributed by atoms with van der Waals surface area (Å²) in [4.78, 5) is 19.4. The lowest BCUT2D eigenvalue weighted by atomic mass is 9.82. The molecule has 2 saturated heterocycles. The van der Waals surface area contributed by atoms with Gasteiger partial charge in [0.05, 0.1) is 19.9 Å². The van der Waals surface area contributed by atoms with Crippen LogP contribution in [0.25, 0.3) is 6.08 Å². The Morgan fingerprint density at radius 1 is 1.29 bits per heavy atom. The Bertz CT molecular complexity index is 1110. The molecule has 0 spiro atoms. The summed E-state index contributed by atoms with van der Waals surface area (Å²) in [6.45, 7) is 3.98. The van der Waals surface area contributed by atoms with E-state index in [9.17, 15) is 4.79 Å². The van der Waals surface area contributed by atoms with Crippen LogP contribution in [0.3, 0.4) is 0 Å². The summed E-state index contributed by atoms with van der Waals surface area (Å²) in [5.74, 6) is 1.62. The van der Waals surface area contributed by atoms with E-state index in [1.165, 1.54) is 0 Å². The molecule has 0 radical (unpaired) electrons. The van der Waals surface area contributed by atoms with Crippen LogP contribution in [-0.2, 0) is 13.5 Å². The van der Waals surface area contributed by atoms with E-state index in [0.29, 0.717) is 43.1 Å². The molecule has 3 aliphatic heterocycles. The second kappa shape index (κ2) is 9.96. The first-order valence-electron chi connectivity index (χ1n) is 12.4. The van der Waals surface area contributed by atoms with Crippen molar-refractivity contribution in [1.29, 1.82) is 0 Å². The van der Waals surface area contributed by atoms with Gasteiger partial charge in [0.2, 0.25) is 5.88 Å². The Kier molecular flexibility index (Phi) is 6.77. The monoisotopic (exact) mass is 481 g/mol. The number of fused-ring (bicyclic) bond motifs is 4. The molecule has 2 fully saturated rings. The number of aromatic nitrogens is 3. The molecule has 2 aromatic heterocycles. The smallest absolute Gasteiger partial charge is 0.274 e. The number of carbonyl (C=O) groups is 1. The van der Waals surface area contributed by atoms with Crippen molar-refractivity contribution in [3.63, 3.8) is 0 Å². The third-order valence-corrected chi connectivity index (χ3v) is 7.42. The van der Waals surface area contributed by atoms with Gasteiger partial charge >= 0.3 is 0 Å². The highest BCUT2D eigenvalue weighted by Gasteiger charge is 2.40. The molecule has 5 heterocycles. The molecule has 2 aromatic rings. The molecule has 3 N–H and O–H groups in total. The number of methoxy groups -OCH3 is 1. The maximum absolute atomic E-state index is 13.3. The van der Waals surface area contributed by atoms with Crippen molar-refractivity contribution in [3.8, 4) is 11.6 Å². The fraction of sp³-hybridized carbons (Fsp3) is 0.560. The first kappa shape index (κ1) is 23.8. The molecule has 188 valence electrons. The molecule has 10 nitrogen and oxygen atoms in total. The number of amides is 1. The highest BCUT2D eigenvalue weighted by atomic mass is 16.5. The van der Waals surface area contributed by atoms with Crippen molar-refractivity contribution >= 4 is 12.0 Å². The molecule has 0 saturated carbocycles. The summed E-state index contributed by atoms with van der Waals surface area (Å²) in [6.07, 6.45) is 8.44. The number of rotatable bonds is 2. The zero-order valence-electron chi connectivity index (χ0n) is 20.9. The molecule has 4 atom stereocenters. The standard InChI is InChI=1S/C25H35N7O3/c1-5-21-15-7-8-18-16-11-19(26-13-20(16)29-28-18)17-12-23(34-4)27-14-22(17)35-10-6-9-31(2)25(33)24(15)30-32(21)3/h7-8,12,14,16,18-20,26,28-29H,5-6,9-11,13H2,1-4H3/b8-7+. The van der Waals surface area contributed by atoms with Crippen LogP contribution in [0.1, 0.15) is 53.1 Å². The Labute approximate surface area is 206 Å². The fourth-order valence-electron chi connectivity index (χ4n) is 5.47. The van der Waals surface area contributed by atoms with Crippen LogP contribution in [0.4, 0.5) is 0 Å². The SMILES string of the molecule is CCc1c2c(nn1C)C(=O)N(C)CCCOc1cnc(OC)cc1C1CC3C(/C=C/2)NNC3CN1. The van der Waals surface area contributed by atoms with Crippen molar-refractivity contribution in [2.24, 2.45) is 13.0 Å². The molecular weight excluding hydrogens is 446 g/mol. The third-order valence-electron chi connectivity index (χ3n) is 7.42. The van der Waals surface area contributed by atoms with Gasteiger partial charge in [-0.15, -0.1) is 0 Å². The molecule has 35 heavy (non-hydrogen) atoms. The van der Waals surface area contributed by atoms with E-state index >= 15 is 0 Å². The topological polar surface area (TPSA) is 106 Å². The van der Waals surface area contributed by atoms with Gasteiger partial charge in [0.15, 0.2) is 5.69 Å². The molecular formula is C25H35N7O3. The minimum atomic E-state index is -0.0730. The van der Waals surface area contributed by atoms with E-state index in [0.717, 1.165) is 42.0 Å². The number of hydrazine groups is 1. The number of pyridine rings is 1. The number of nitrogens with one attached hydrogen (secondary N) is 3. The average Bonchev–Trinajstić information content (AvgIpc) is 3.43. The van der Waals surface area contributed by atoms with E-state index in [-0.39, 0.29) is 18.0 Å². The summed E-state index contributed by atoms with van der Waals surface area (Å²) >= 11 is 0. The second-order valence-corrected chi connectivity index (χ2v) is 9.52. The van der Waals surface area contributed by atoms with E-state index in [1.807, 2.05) is 24.8 Å². The molecule has 10 heteroatoms. The van der Waals surface area contributed by atoms with Crippen LogP contribution in [-0.4, -0.2) is 71.5 Å². The lowest BCUT2D eigenvalue weighted by molar-refractivity contribution is 0.0781. The van der Waals surface area contributed by atoms with Crippen LogP contribution in [0.2, 0.25) is 0 Å². The van der Waals surface area contributed by atoms with E-state index < -0.39 is 0 Å². The van der Waals surface area contributed by atoms with Crippen molar-refractivity contribution in [1.82, 2.24) is 35.8 Å². The van der Waals surface area contributed by atoms with Crippen molar-refractivity contribution in [2.75, 3.05) is 33.9 Å². The number of nitrogens with zero attached hydrogens (tertiary/aromatic N) is 4. The molecule has 1 amide bonds. The summed E-state index contributed by atoms with van der Waals surface area (Å²) in [7, 11) is 5.36. The van der Waals surface area contributed by atoms with Gasteiger partial charge in [-0.05, 0) is 25.2 Å². The predicted octanol–water partition coefficient (Wildman–Crippen LogP) is 1.45. The van der Waals surface area contributed by atoms with Crippen molar-refractivity contribution < 1.29 is 14.3 Å². The largest absolute Gasteiger partial charge is 0.492 e. The highest BCUT2D eigenvalue weighted by Crippen LogP contribution is 2.37. The minimum Gasteiger partial charge on any atom is -0.492 e. The summed E-state index contributed by atoms with van der Waals surface area (Å²) < 4.78 is 13.4. The maximum Gasteiger partial charge on any atom is 0.274 e. The lowest BCUT2D eigenvalue weighted by Gasteiger charge is -2.34. The molecule has 0 aromatic carbocycles. The zero-order chi connectivity index (χ0) is 24.5. The van der Waals surface area contributed by atoms with Crippen LogP contribution in [0.15, 0.2) is 18.3 Å². The number of hydrogen-bond acceptors (Lipinski definition) is 8. The van der Waals surface area contributed by atoms with Gasteiger partial charge in [0.1, 0.15) is 5.75 Å². The molecule has 4 unspecified atom stereocenters. The van der Waals surface area contributed by atoms with Gasteiger partial charge in [-0.3, -0.25) is 20.3 Å². The van der Waals surface area contributed by atoms with Gasteiger partial charge in [-0.25, -0.2) is 4.98 Å². The normalized spacial score (nSPS) is 27.7. The Hall–Kier alpha value is -2.95. The van der Waals surface area contributed by atoms with Crippen LogP contribution in [0.5, 0.6) is 11.6 Å². The third kappa shape index (κ3) is 4.53. The van der Waals surface area contributed by atoms with Gasteiger partial charge in [-0.2, -0.15) is 5.10 Å². The van der Waals surface area contributed by atoms with Gasteiger partial charge in [0, 0.05) is 68.2 Å². The molecule has 2 bridgehead atoms. The lowest BCUT2D eigenvalue weighted by Crippen LogP contribution is -2.46. The quantitative estimate of drug-likeness (QED) is 0.592. The Morgan fingerprint density at radius 2 is 2.14 bits per heavy atom. The van der Waals surface area contributed by atoms with Gasteiger partial charge in [0.25, 0.3) is 5.91 Å². The van der Waals surface area contributed by atoms with Crippen molar-refractivity contribution in [2.45, 2.75) is 44.3 Å². The van der Waals surface area contributed by atoms with Crippen LogP contribution in [0, 0.1) is 5.92 Å². The summed E-state index contributed by atoms with van der Waals surface area (Å²) in [5.41, 5.74) is 10.4. The first-order valence-corrected chi connectivity index (χ1v) is 12.4. The second-order valence-electron chi connectivity index (χ2n) is 9.52. The zero-order valence-corrected chi connectivity index (χ0v) is 20.9. The van der Waals surface area contributed by atoms with E-state index in [1.54, 1.807) is 18.2 Å². The van der Waals surface area contributed by atoms with Crippen LogP contribution >= 0.6 is 0 Å². The van der Waals surface area contributed by atoms with Crippen LogP contribution < -0.4 is 25.6 Å². The number of ether oxygens (including phenoxy) is 2. The van der Waals surface area contributed by atoms with Gasteiger partial charge in [-0.1, -0.05) is 19.1 Å². The fourth-order valence-corrected chi connectivity index (χ4v) is 5.47. The van der Waals surface area contributed by atoms with E-state index in [2.05, 4.69) is 45.3 Å². The maximum atomic E-state index is 13.3. The summed E-state index contributed by atoms with van der Waals surface area (Å²) in [5, 5.41) is 8.29. The molecule has 5 rings (SSSR count). The number of piperidine rings is 1. The van der Waals surface area contributed by atoms with Crippen molar-refractivity contribution in [3.05, 3.63) is 40.9 Å². The Balaban J connectivity index is 1.53.